The molecule has 6 nitrogen and oxygen atoms in total. The van der Waals surface area contributed by atoms with Gasteiger partial charge in [-0.3, -0.25) is 4.79 Å². The minimum Gasteiger partial charge on any atom is -0.373 e. The van der Waals surface area contributed by atoms with Gasteiger partial charge in [-0.1, -0.05) is 29.3 Å². The Balaban J connectivity index is 1.80. The second-order valence-electron chi connectivity index (χ2n) is 7.11. The van der Waals surface area contributed by atoms with Crippen LogP contribution >= 0.6 is 23.2 Å². The van der Waals surface area contributed by atoms with Gasteiger partial charge in [0.1, 0.15) is 0 Å². The zero-order valence-electron chi connectivity index (χ0n) is 16.3. The Labute approximate surface area is 180 Å². The van der Waals surface area contributed by atoms with Crippen LogP contribution in [0.15, 0.2) is 41.3 Å². The molecule has 1 aliphatic rings. The number of nitrogens with zero attached hydrogens (tertiary/aromatic N) is 1. The third-order valence-electron chi connectivity index (χ3n) is 4.66. The van der Waals surface area contributed by atoms with Crippen molar-refractivity contribution in [3.05, 3.63) is 57.6 Å². The Kier molecular flexibility index (Phi) is 6.55. The van der Waals surface area contributed by atoms with Crippen LogP contribution in [-0.4, -0.2) is 43.9 Å². The molecular weight excluding hydrogens is 435 g/mol. The molecule has 1 fully saturated rings. The molecule has 2 aromatic carbocycles. The number of hydrogen-bond acceptors (Lipinski definition) is 4. The lowest BCUT2D eigenvalue weighted by atomic mass is 10.2. The topological polar surface area (TPSA) is 75.7 Å². The highest BCUT2D eigenvalue weighted by Crippen LogP contribution is 2.33. The fourth-order valence-corrected chi connectivity index (χ4v) is 5.27. The number of anilines is 1. The van der Waals surface area contributed by atoms with Gasteiger partial charge < -0.3 is 10.1 Å². The summed E-state index contributed by atoms with van der Waals surface area (Å²) in [5.74, 6) is -0.433. The maximum atomic E-state index is 12.9. The van der Waals surface area contributed by atoms with Crippen molar-refractivity contribution < 1.29 is 17.9 Å². The summed E-state index contributed by atoms with van der Waals surface area (Å²) < 4.78 is 32.8. The molecule has 156 valence electrons. The zero-order valence-corrected chi connectivity index (χ0v) is 18.6. The van der Waals surface area contributed by atoms with E-state index in [1.807, 2.05) is 13.8 Å². The van der Waals surface area contributed by atoms with Crippen LogP contribution in [-0.2, 0) is 14.8 Å². The van der Waals surface area contributed by atoms with Gasteiger partial charge in [-0.2, -0.15) is 4.31 Å². The third-order valence-corrected chi connectivity index (χ3v) is 7.31. The Morgan fingerprint density at radius 1 is 1.07 bits per heavy atom. The van der Waals surface area contributed by atoms with Crippen molar-refractivity contribution in [2.24, 2.45) is 0 Å². The lowest BCUT2D eigenvalue weighted by Gasteiger charge is -2.34. The number of carbonyl (C=O) groups excluding carboxylic acids is 1. The summed E-state index contributed by atoms with van der Waals surface area (Å²) in [6, 6.07) is 9.19. The highest BCUT2D eigenvalue weighted by atomic mass is 35.5. The van der Waals surface area contributed by atoms with Crippen LogP contribution in [0.4, 0.5) is 5.69 Å². The highest BCUT2D eigenvalue weighted by molar-refractivity contribution is 7.89. The molecule has 0 spiro atoms. The number of halogens is 2. The maximum absolute atomic E-state index is 12.9. The van der Waals surface area contributed by atoms with Gasteiger partial charge in [0.15, 0.2) is 0 Å². The number of carbonyl (C=O) groups is 1. The zero-order chi connectivity index (χ0) is 21.3. The molecular formula is C20H22Cl2N2O4S. The number of rotatable bonds is 4. The largest absolute Gasteiger partial charge is 0.373 e. The summed E-state index contributed by atoms with van der Waals surface area (Å²) >= 11 is 12.4. The first-order chi connectivity index (χ1) is 13.6. The fourth-order valence-electron chi connectivity index (χ4n) is 3.21. The minimum absolute atomic E-state index is 0.127. The van der Waals surface area contributed by atoms with Crippen molar-refractivity contribution in [1.29, 1.82) is 0 Å². The quantitative estimate of drug-likeness (QED) is 0.741. The molecule has 1 aliphatic heterocycles. The molecule has 1 heterocycles. The molecule has 0 bridgehead atoms. The predicted octanol–water partition coefficient (Wildman–Crippen LogP) is 4.35. The average molecular weight is 457 g/mol. The lowest BCUT2D eigenvalue weighted by Crippen LogP contribution is -2.48. The maximum Gasteiger partial charge on any atom is 0.255 e. The Bertz CT molecular complexity index is 1020. The monoisotopic (exact) mass is 456 g/mol. The molecule has 0 radical (unpaired) electrons. The summed E-state index contributed by atoms with van der Waals surface area (Å²) in [6.45, 7) is 6.07. The number of hydrogen-bond donors (Lipinski definition) is 1. The molecule has 1 saturated heterocycles. The van der Waals surface area contributed by atoms with Crippen molar-refractivity contribution >= 4 is 44.8 Å². The van der Waals surface area contributed by atoms with E-state index in [4.69, 9.17) is 27.9 Å². The van der Waals surface area contributed by atoms with Crippen molar-refractivity contribution in [2.45, 2.75) is 37.9 Å². The standard InChI is InChI=1S/C20H22Cl2N2O4S/c1-12-4-9-17(21)19(18(12)22)23-20(25)15-5-7-16(8-6-15)29(26,27)24-10-13(2)28-14(3)11-24/h4-9,13-14H,10-11H2,1-3H3,(H,23,25)/t13-,14-/m0/s1. The van der Waals surface area contributed by atoms with E-state index in [0.29, 0.717) is 34.4 Å². The first-order valence-electron chi connectivity index (χ1n) is 9.11. The van der Waals surface area contributed by atoms with Crippen molar-refractivity contribution in [2.75, 3.05) is 18.4 Å². The summed E-state index contributed by atoms with van der Waals surface area (Å²) in [4.78, 5) is 12.7. The molecule has 1 N–H and O–H groups in total. The molecule has 9 heteroatoms. The van der Waals surface area contributed by atoms with Gasteiger partial charge in [0.2, 0.25) is 10.0 Å². The second-order valence-corrected chi connectivity index (χ2v) is 9.83. The van der Waals surface area contributed by atoms with Crippen LogP contribution in [0.25, 0.3) is 0 Å². The number of sulfonamides is 1. The Hall–Kier alpha value is -1.64. The van der Waals surface area contributed by atoms with E-state index in [9.17, 15) is 13.2 Å². The van der Waals surface area contributed by atoms with Crippen molar-refractivity contribution in [3.63, 3.8) is 0 Å². The normalized spacial score (nSPS) is 20.4. The fraction of sp³-hybridized carbons (Fsp3) is 0.350. The van der Waals surface area contributed by atoms with Crippen LogP contribution < -0.4 is 5.32 Å². The van der Waals surface area contributed by atoms with Gasteiger partial charge in [0.05, 0.1) is 32.8 Å². The van der Waals surface area contributed by atoms with Gasteiger partial charge in [-0.05, 0) is 56.7 Å². The van der Waals surface area contributed by atoms with E-state index in [-0.39, 0.29) is 17.1 Å². The SMILES string of the molecule is Cc1ccc(Cl)c(NC(=O)c2ccc(S(=O)(=O)N3C[C@H](C)O[C@@H](C)C3)cc2)c1Cl. The van der Waals surface area contributed by atoms with Crippen LogP contribution in [0.5, 0.6) is 0 Å². The summed E-state index contributed by atoms with van der Waals surface area (Å²) in [7, 11) is -3.67. The number of amides is 1. The van der Waals surface area contributed by atoms with Gasteiger partial charge in [-0.15, -0.1) is 0 Å². The van der Waals surface area contributed by atoms with Crippen LogP contribution in [0.2, 0.25) is 10.0 Å². The highest BCUT2D eigenvalue weighted by Gasteiger charge is 2.32. The van der Waals surface area contributed by atoms with E-state index < -0.39 is 15.9 Å². The molecule has 0 aromatic heterocycles. The van der Waals surface area contributed by atoms with Gasteiger partial charge >= 0.3 is 0 Å². The van der Waals surface area contributed by atoms with Crippen molar-refractivity contribution in [1.82, 2.24) is 4.31 Å². The van der Waals surface area contributed by atoms with Crippen LogP contribution in [0, 0.1) is 6.92 Å². The number of aryl methyl sites for hydroxylation is 1. The van der Waals surface area contributed by atoms with Crippen LogP contribution in [0.1, 0.15) is 29.8 Å². The first-order valence-corrected chi connectivity index (χ1v) is 11.3. The van der Waals surface area contributed by atoms with E-state index in [0.717, 1.165) is 5.56 Å². The lowest BCUT2D eigenvalue weighted by molar-refractivity contribution is -0.0440. The molecule has 2 atom stereocenters. The van der Waals surface area contributed by atoms with E-state index >= 15 is 0 Å². The van der Waals surface area contributed by atoms with E-state index in [2.05, 4.69) is 5.32 Å². The molecule has 2 aromatic rings. The second kappa shape index (κ2) is 8.62. The number of benzene rings is 2. The summed E-state index contributed by atoms with van der Waals surface area (Å²) in [5.41, 5.74) is 1.40. The van der Waals surface area contributed by atoms with E-state index in [1.54, 1.807) is 19.1 Å². The molecule has 0 unspecified atom stereocenters. The van der Waals surface area contributed by atoms with Gasteiger partial charge in [-0.25, -0.2) is 8.42 Å². The Morgan fingerprint density at radius 2 is 1.66 bits per heavy atom. The van der Waals surface area contributed by atoms with E-state index in [1.165, 1.54) is 28.6 Å². The number of morpholine rings is 1. The summed E-state index contributed by atoms with van der Waals surface area (Å²) in [5, 5.41) is 3.37. The number of ether oxygens (including phenoxy) is 1. The first kappa shape index (κ1) is 22.1. The third kappa shape index (κ3) is 4.75. The predicted molar refractivity (Wildman–Crippen MR) is 114 cm³/mol. The van der Waals surface area contributed by atoms with Crippen LogP contribution in [0.3, 0.4) is 0 Å². The minimum atomic E-state index is -3.67. The molecule has 1 amide bonds. The smallest absolute Gasteiger partial charge is 0.255 e. The van der Waals surface area contributed by atoms with Crippen molar-refractivity contribution in [3.8, 4) is 0 Å². The Morgan fingerprint density at radius 3 is 2.24 bits per heavy atom. The molecule has 29 heavy (non-hydrogen) atoms. The molecule has 3 rings (SSSR count). The number of nitrogens with one attached hydrogen (secondary N) is 1. The molecule has 0 aliphatic carbocycles. The van der Waals surface area contributed by atoms with Gasteiger partial charge in [0, 0.05) is 18.7 Å². The van der Waals surface area contributed by atoms with Gasteiger partial charge in [0.25, 0.3) is 5.91 Å². The molecule has 0 saturated carbocycles. The average Bonchev–Trinajstić information content (AvgIpc) is 2.67. The summed E-state index contributed by atoms with van der Waals surface area (Å²) in [6.07, 6.45) is -0.357.